The van der Waals surface area contributed by atoms with Crippen LogP contribution in [0.1, 0.15) is 24.1 Å². The average Bonchev–Trinajstić information content (AvgIpc) is 3.22. The number of anilines is 1. The van der Waals surface area contributed by atoms with Gasteiger partial charge in [0, 0.05) is 35.4 Å². The van der Waals surface area contributed by atoms with E-state index in [9.17, 15) is 18.5 Å². The molecule has 32 heavy (non-hydrogen) atoms. The molecule has 2 aromatic carbocycles. The number of aromatic nitrogens is 1. The molecule has 1 aromatic heterocycles. The van der Waals surface area contributed by atoms with Crippen molar-refractivity contribution in [2.45, 2.75) is 29.4 Å². The molecule has 0 atom stereocenters. The Bertz CT molecular complexity index is 1260. The fourth-order valence-corrected chi connectivity index (χ4v) is 7.00. The largest absolute Gasteiger partial charge is 0.348 e. The zero-order chi connectivity index (χ0) is 22.9. The zero-order valence-electron chi connectivity index (χ0n) is 16.8. The summed E-state index contributed by atoms with van der Waals surface area (Å²) in [5, 5.41) is 13.4. The van der Waals surface area contributed by atoms with Gasteiger partial charge in [-0.2, -0.15) is 0 Å². The van der Waals surface area contributed by atoms with E-state index in [1.807, 2.05) is 17.5 Å². The Balaban J connectivity index is 1.42. The van der Waals surface area contributed by atoms with Gasteiger partial charge in [0.25, 0.3) is 5.69 Å². The lowest BCUT2D eigenvalue weighted by Gasteiger charge is -2.31. The highest BCUT2D eigenvalue weighted by Crippen LogP contribution is 2.33. The second-order valence-electron chi connectivity index (χ2n) is 7.53. The van der Waals surface area contributed by atoms with Crippen LogP contribution < -0.4 is 4.90 Å². The van der Waals surface area contributed by atoms with Crippen molar-refractivity contribution >= 4 is 59.5 Å². The molecule has 0 spiro atoms. The normalized spacial score (nSPS) is 15.1. The van der Waals surface area contributed by atoms with Crippen molar-refractivity contribution in [2.24, 2.45) is 0 Å². The van der Waals surface area contributed by atoms with Gasteiger partial charge in [0.05, 0.1) is 20.8 Å². The van der Waals surface area contributed by atoms with Gasteiger partial charge in [0.2, 0.25) is 0 Å². The third-order valence-corrected chi connectivity index (χ3v) is 9.43. The Morgan fingerprint density at radius 3 is 2.66 bits per heavy atom. The van der Waals surface area contributed by atoms with Crippen LogP contribution in [-0.4, -0.2) is 36.7 Å². The van der Waals surface area contributed by atoms with Crippen molar-refractivity contribution in [1.82, 2.24) is 4.98 Å². The number of nitro benzene ring substituents is 1. The number of sulfone groups is 1. The lowest BCUT2D eigenvalue weighted by Crippen LogP contribution is -2.39. The van der Waals surface area contributed by atoms with Crippen LogP contribution in [0.3, 0.4) is 0 Å². The molecule has 1 aliphatic rings. The van der Waals surface area contributed by atoms with Crippen LogP contribution in [-0.2, 0) is 16.3 Å². The van der Waals surface area contributed by atoms with Crippen LogP contribution in [0.15, 0.2) is 57.2 Å². The van der Waals surface area contributed by atoms with Gasteiger partial charge in [-0.3, -0.25) is 10.1 Å². The van der Waals surface area contributed by atoms with E-state index in [1.54, 1.807) is 11.3 Å². The molecule has 168 valence electrons. The van der Waals surface area contributed by atoms with Crippen LogP contribution in [0, 0.1) is 10.1 Å². The molecule has 2 heterocycles. The number of benzene rings is 2. The van der Waals surface area contributed by atoms with Crippen molar-refractivity contribution in [3.8, 4) is 0 Å². The zero-order valence-corrected chi connectivity index (χ0v) is 20.8. The Morgan fingerprint density at radius 1 is 1.22 bits per heavy atom. The van der Waals surface area contributed by atoms with Gasteiger partial charge in [-0.25, -0.2) is 13.4 Å². The molecule has 0 radical (unpaired) electrons. The fourth-order valence-electron chi connectivity index (χ4n) is 3.74. The number of hydrogen-bond acceptors (Lipinski definition) is 7. The summed E-state index contributed by atoms with van der Waals surface area (Å²) < 4.78 is 27.1. The topological polar surface area (TPSA) is 93.4 Å². The minimum absolute atomic E-state index is 0.0578. The SMILES string of the molecule is O=[N+]([O-])c1cc(S(=O)(=O)C2CCN(c3nc(Cc4cccc(Br)c4)cs3)CC2)ccc1Cl. The first-order chi connectivity index (χ1) is 15.2. The van der Waals surface area contributed by atoms with Gasteiger partial charge in [-0.05, 0) is 42.7 Å². The second-order valence-corrected chi connectivity index (χ2v) is 11.9. The van der Waals surface area contributed by atoms with Crippen LogP contribution in [0.5, 0.6) is 0 Å². The lowest BCUT2D eigenvalue weighted by atomic mass is 10.1. The minimum Gasteiger partial charge on any atom is -0.348 e. The highest BCUT2D eigenvalue weighted by molar-refractivity contribution is 9.10. The molecular weight excluding hydrogens is 538 g/mol. The van der Waals surface area contributed by atoms with Gasteiger partial charge in [-0.1, -0.05) is 39.7 Å². The monoisotopic (exact) mass is 555 g/mol. The molecule has 1 aliphatic heterocycles. The smallest absolute Gasteiger partial charge is 0.289 e. The number of thiazole rings is 1. The van der Waals surface area contributed by atoms with E-state index >= 15 is 0 Å². The molecule has 0 unspecified atom stereocenters. The van der Waals surface area contributed by atoms with Gasteiger partial charge < -0.3 is 4.90 Å². The highest BCUT2D eigenvalue weighted by atomic mass is 79.9. The Hall–Kier alpha value is -2.01. The van der Waals surface area contributed by atoms with Crippen LogP contribution in [0.2, 0.25) is 5.02 Å². The molecule has 0 amide bonds. The third-order valence-electron chi connectivity index (χ3n) is 5.41. The summed E-state index contributed by atoms with van der Waals surface area (Å²) in [5.74, 6) is 0. The highest BCUT2D eigenvalue weighted by Gasteiger charge is 2.33. The molecule has 0 N–H and O–H groups in total. The predicted octanol–water partition coefficient (Wildman–Crippen LogP) is 5.50. The number of halogens is 2. The van der Waals surface area contributed by atoms with E-state index < -0.39 is 25.7 Å². The summed E-state index contributed by atoms with van der Waals surface area (Å²) in [6, 6.07) is 11.8. The van der Waals surface area contributed by atoms with Gasteiger partial charge >= 0.3 is 0 Å². The summed E-state index contributed by atoms with van der Waals surface area (Å²) in [5.41, 5.74) is 1.75. The summed E-state index contributed by atoms with van der Waals surface area (Å²) in [7, 11) is -3.69. The van der Waals surface area contributed by atoms with Crippen molar-refractivity contribution < 1.29 is 13.3 Å². The van der Waals surface area contributed by atoms with Gasteiger partial charge in [-0.15, -0.1) is 11.3 Å². The summed E-state index contributed by atoms with van der Waals surface area (Å²) in [6.45, 7) is 1.12. The fraction of sp³-hybridized carbons (Fsp3) is 0.286. The molecule has 1 fully saturated rings. The molecule has 3 aromatic rings. The van der Waals surface area contributed by atoms with Crippen molar-refractivity contribution in [2.75, 3.05) is 18.0 Å². The van der Waals surface area contributed by atoms with Crippen molar-refractivity contribution in [3.05, 3.63) is 78.7 Å². The number of nitro groups is 1. The molecule has 7 nitrogen and oxygen atoms in total. The van der Waals surface area contributed by atoms with Crippen molar-refractivity contribution in [3.63, 3.8) is 0 Å². The van der Waals surface area contributed by atoms with E-state index in [4.69, 9.17) is 16.6 Å². The third kappa shape index (κ3) is 4.98. The van der Waals surface area contributed by atoms with E-state index in [0.717, 1.165) is 33.3 Å². The predicted molar refractivity (Wildman–Crippen MR) is 130 cm³/mol. The number of nitrogens with zero attached hydrogens (tertiary/aromatic N) is 3. The molecule has 11 heteroatoms. The Labute approximate surface area is 203 Å². The molecule has 0 aliphatic carbocycles. The Morgan fingerprint density at radius 2 is 1.97 bits per heavy atom. The van der Waals surface area contributed by atoms with Gasteiger partial charge in [0.15, 0.2) is 15.0 Å². The van der Waals surface area contributed by atoms with Gasteiger partial charge in [0.1, 0.15) is 5.02 Å². The van der Waals surface area contributed by atoms with Crippen LogP contribution >= 0.6 is 38.9 Å². The summed E-state index contributed by atoms with van der Waals surface area (Å²) in [4.78, 5) is 17.2. The first-order valence-electron chi connectivity index (χ1n) is 9.85. The number of hydrogen-bond donors (Lipinski definition) is 0. The summed E-state index contributed by atoms with van der Waals surface area (Å²) >= 11 is 10.9. The molecule has 0 bridgehead atoms. The first kappa shape index (κ1) is 23.2. The maximum Gasteiger partial charge on any atom is 0.289 e. The number of piperidine rings is 1. The van der Waals surface area contributed by atoms with Crippen LogP contribution in [0.25, 0.3) is 0 Å². The first-order valence-corrected chi connectivity index (χ1v) is 13.5. The molecule has 1 saturated heterocycles. The maximum absolute atomic E-state index is 13.1. The molecule has 0 saturated carbocycles. The van der Waals surface area contributed by atoms with Crippen molar-refractivity contribution in [1.29, 1.82) is 0 Å². The van der Waals surface area contributed by atoms with E-state index in [2.05, 4.69) is 33.0 Å². The standard InChI is InChI=1S/C21H19BrClN3O4S2/c22-15-3-1-2-14(10-15)11-16-13-31-21(24-16)25-8-6-17(7-9-25)32(29,30)18-4-5-19(23)20(12-18)26(27)28/h1-5,10,12-13,17H,6-9,11H2. The maximum atomic E-state index is 13.1. The number of rotatable bonds is 6. The Kier molecular flexibility index (Phi) is 6.85. The quantitative estimate of drug-likeness (QED) is 0.294. The second kappa shape index (κ2) is 9.46. The average molecular weight is 557 g/mol. The van der Waals surface area contributed by atoms with Crippen LogP contribution in [0.4, 0.5) is 10.8 Å². The molecular formula is C21H19BrClN3O4S2. The van der Waals surface area contributed by atoms with E-state index in [0.29, 0.717) is 25.9 Å². The molecule has 4 rings (SSSR count). The van der Waals surface area contributed by atoms with E-state index in [-0.39, 0.29) is 9.92 Å². The van der Waals surface area contributed by atoms with E-state index in [1.165, 1.54) is 12.1 Å². The summed E-state index contributed by atoms with van der Waals surface area (Å²) in [6.07, 6.45) is 1.59. The minimum atomic E-state index is -3.69. The lowest BCUT2D eigenvalue weighted by molar-refractivity contribution is -0.384.